The lowest BCUT2D eigenvalue weighted by atomic mass is 9.93. The van der Waals surface area contributed by atoms with E-state index in [2.05, 4.69) is 11.5 Å². The maximum absolute atomic E-state index is 13.2. The van der Waals surface area contributed by atoms with E-state index in [1.807, 2.05) is 10.7 Å². The molecule has 3 rings (SSSR count). The van der Waals surface area contributed by atoms with E-state index in [0.717, 1.165) is 37.1 Å². The Morgan fingerprint density at radius 3 is 3.18 bits per heavy atom. The quantitative estimate of drug-likeness (QED) is 0.892. The normalized spacial score (nSPS) is 17.5. The Labute approximate surface area is 130 Å². The lowest BCUT2D eigenvalue weighted by Crippen LogP contribution is -2.25. The zero-order valence-corrected chi connectivity index (χ0v) is 12.9. The molecule has 1 atom stereocenters. The number of hydrogen-bond donors (Lipinski definition) is 1. The second kappa shape index (κ2) is 7.03. The number of aromatic nitrogens is 2. The number of halogens is 1. The maximum atomic E-state index is 13.2. The maximum Gasteiger partial charge on any atom is 0.123 e. The molecule has 0 spiro atoms. The third-order valence-corrected chi connectivity index (χ3v) is 4.11. The van der Waals surface area contributed by atoms with Gasteiger partial charge in [-0.3, -0.25) is 4.68 Å². The van der Waals surface area contributed by atoms with E-state index in [0.29, 0.717) is 13.2 Å². The second-order valence-electron chi connectivity index (χ2n) is 5.75. The molecule has 0 saturated carbocycles. The Bertz CT molecular complexity index is 626. The minimum atomic E-state index is -0.188. The molecule has 0 saturated heterocycles. The average molecular weight is 303 g/mol. The van der Waals surface area contributed by atoms with Crippen LogP contribution in [0.25, 0.3) is 0 Å². The molecule has 0 fully saturated rings. The highest BCUT2D eigenvalue weighted by atomic mass is 19.1. The number of nitrogens with one attached hydrogen (secondary N) is 1. The van der Waals surface area contributed by atoms with Crippen LogP contribution in [0.1, 0.15) is 35.7 Å². The Hall–Kier alpha value is -1.72. The van der Waals surface area contributed by atoms with E-state index in [9.17, 15) is 4.39 Å². The summed E-state index contributed by atoms with van der Waals surface area (Å²) in [7, 11) is 1.70. The van der Waals surface area contributed by atoms with Crippen molar-refractivity contribution in [3.8, 4) is 0 Å². The van der Waals surface area contributed by atoms with Crippen LogP contribution < -0.4 is 5.32 Å². The average Bonchev–Trinajstić information content (AvgIpc) is 2.94. The summed E-state index contributed by atoms with van der Waals surface area (Å²) in [4.78, 5) is 0. The van der Waals surface area contributed by atoms with Gasteiger partial charge in [-0.05, 0) is 42.5 Å². The van der Waals surface area contributed by atoms with Crippen molar-refractivity contribution in [2.75, 3.05) is 13.7 Å². The van der Waals surface area contributed by atoms with Crippen LogP contribution in [-0.4, -0.2) is 23.5 Å². The van der Waals surface area contributed by atoms with E-state index >= 15 is 0 Å². The fourth-order valence-corrected chi connectivity index (χ4v) is 2.98. The molecule has 0 bridgehead atoms. The summed E-state index contributed by atoms with van der Waals surface area (Å²) >= 11 is 0. The fourth-order valence-electron chi connectivity index (χ4n) is 2.98. The molecule has 22 heavy (non-hydrogen) atoms. The van der Waals surface area contributed by atoms with E-state index < -0.39 is 0 Å². The van der Waals surface area contributed by atoms with Crippen LogP contribution in [0.2, 0.25) is 0 Å². The highest BCUT2D eigenvalue weighted by Crippen LogP contribution is 2.28. The second-order valence-corrected chi connectivity index (χ2v) is 5.75. The van der Waals surface area contributed by atoms with Gasteiger partial charge in [0.05, 0.1) is 24.9 Å². The lowest BCUT2D eigenvalue weighted by molar-refractivity contribution is 0.183. The van der Waals surface area contributed by atoms with Crippen LogP contribution >= 0.6 is 0 Å². The molecule has 118 valence electrons. The number of benzene rings is 1. The third kappa shape index (κ3) is 3.54. The zero-order valence-electron chi connectivity index (χ0n) is 12.9. The van der Waals surface area contributed by atoms with E-state index in [-0.39, 0.29) is 11.9 Å². The number of fused-ring (bicyclic) bond motifs is 1. The summed E-state index contributed by atoms with van der Waals surface area (Å²) in [6.45, 7) is 2.11. The van der Waals surface area contributed by atoms with Crippen molar-refractivity contribution < 1.29 is 9.13 Å². The number of aryl methyl sites for hydroxylation is 1. The van der Waals surface area contributed by atoms with Gasteiger partial charge in [0.2, 0.25) is 0 Å². The standard InChI is InChI=1S/C17H22FN3O/c1-22-9-8-21-12-14-5-3-7-16(17(14)20-21)19-11-13-4-2-6-15(18)10-13/h2,4,6,10,12,16,19H,3,5,7-9,11H2,1H3. The zero-order chi connectivity index (χ0) is 15.4. The van der Waals surface area contributed by atoms with Gasteiger partial charge in [0.25, 0.3) is 0 Å². The first kappa shape index (κ1) is 15.2. The number of ether oxygens (including phenoxy) is 1. The minimum absolute atomic E-state index is 0.188. The van der Waals surface area contributed by atoms with Gasteiger partial charge in [-0.25, -0.2) is 4.39 Å². The summed E-state index contributed by atoms with van der Waals surface area (Å²) in [5, 5.41) is 8.22. The SMILES string of the molecule is COCCn1cc2c(n1)C(NCc1cccc(F)c1)CCC2. The van der Waals surface area contributed by atoms with E-state index in [4.69, 9.17) is 9.84 Å². The Morgan fingerprint density at radius 2 is 2.36 bits per heavy atom. The first-order chi connectivity index (χ1) is 10.8. The molecule has 1 unspecified atom stereocenters. The summed E-state index contributed by atoms with van der Waals surface area (Å²) in [6, 6.07) is 6.98. The monoisotopic (exact) mass is 303 g/mol. The van der Waals surface area contributed by atoms with E-state index in [1.54, 1.807) is 19.2 Å². The van der Waals surface area contributed by atoms with E-state index in [1.165, 1.54) is 11.6 Å². The van der Waals surface area contributed by atoms with Crippen LogP contribution in [0.3, 0.4) is 0 Å². The van der Waals surface area contributed by atoms with Crippen molar-refractivity contribution in [3.63, 3.8) is 0 Å². The molecule has 1 aromatic carbocycles. The van der Waals surface area contributed by atoms with Crippen molar-refractivity contribution in [2.24, 2.45) is 0 Å². The molecule has 1 aliphatic rings. The topological polar surface area (TPSA) is 39.1 Å². The molecule has 1 N–H and O–H groups in total. The predicted octanol–water partition coefficient (Wildman–Crippen LogP) is 2.84. The summed E-state index contributed by atoms with van der Waals surface area (Å²) in [5.74, 6) is -0.188. The van der Waals surface area contributed by atoms with Gasteiger partial charge in [0.1, 0.15) is 5.82 Å². The molecule has 0 amide bonds. The highest BCUT2D eigenvalue weighted by Gasteiger charge is 2.23. The number of nitrogens with zero attached hydrogens (tertiary/aromatic N) is 2. The van der Waals surface area contributed by atoms with Crippen molar-refractivity contribution in [2.45, 2.75) is 38.4 Å². The van der Waals surface area contributed by atoms with Crippen molar-refractivity contribution >= 4 is 0 Å². The molecular weight excluding hydrogens is 281 g/mol. The largest absolute Gasteiger partial charge is 0.383 e. The summed E-state index contributed by atoms with van der Waals surface area (Å²) < 4.78 is 20.3. The number of rotatable bonds is 6. The van der Waals surface area contributed by atoms with Gasteiger partial charge in [-0.15, -0.1) is 0 Å². The van der Waals surface area contributed by atoms with Gasteiger partial charge in [-0.2, -0.15) is 5.10 Å². The van der Waals surface area contributed by atoms with Crippen molar-refractivity contribution in [1.82, 2.24) is 15.1 Å². The summed E-state index contributed by atoms with van der Waals surface area (Å²) in [6.07, 6.45) is 5.44. The van der Waals surface area contributed by atoms with Crippen LogP contribution in [0.15, 0.2) is 30.5 Å². The lowest BCUT2D eigenvalue weighted by Gasteiger charge is -2.22. The Kier molecular flexibility index (Phi) is 4.85. The first-order valence-electron chi connectivity index (χ1n) is 7.79. The van der Waals surface area contributed by atoms with Gasteiger partial charge in [0.15, 0.2) is 0 Å². The van der Waals surface area contributed by atoms with Crippen LogP contribution in [-0.2, 0) is 24.2 Å². The fraction of sp³-hybridized carbons (Fsp3) is 0.471. The Morgan fingerprint density at radius 1 is 1.45 bits per heavy atom. The van der Waals surface area contributed by atoms with Gasteiger partial charge in [0, 0.05) is 19.9 Å². The molecule has 1 aromatic heterocycles. The first-order valence-corrected chi connectivity index (χ1v) is 7.79. The smallest absolute Gasteiger partial charge is 0.123 e. The number of methoxy groups -OCH3 is 1. The molecule has 1 heterocycles. The molecule has 0 aliphatic heterocycles. The van der Waals surface area contributed by atoms with Crippen LogP contribution in [0.4, 0.5) is 4.39 Å². The van der Waals surface area contributed by atoms with Gasteiger partial charge < -0.3 is 10.1 Å². The molecule has 1 aliphatic carbocycles. The minimum Gasteiger partial charge on any atom is -0.383 e. The van der Waals surface area contributed by atoms with Gasteiger partial charge >= 0.3 is 0 Å². The summed E-state index contributed by atoms with van der Waals surface area (Å²) in [5.41, 5.74) is 3.42. The van der Waals surface area contributed by atoms with Crippen molar-refractivity contribution in [3.05, 3.63) is 53.1 Å². The molecular formula is C17H22FN3O. The van der Waals surface area contributed by atoms with Gasteiger partial charge in [-0.1, -0.05) is 12.1 Å². The van der Waals surface area contributed by atoms with Crippen LogP contribution in [0, 0.1) is 5.82 Å². The van der Waals surface area contributed by atoms with Crippen LogP contribution in [0.5, 0.6) is 0 Å². The molecule has 5 heteroatoms. The van der Waals surface area contributed by atoms with Crippen molar-refractivity contribution in [1.29, 1.82) is 0 Å². The molecule has 0 radical (unpaired) electrons. The number of hydrogen-bond acceptors (Lipinski definition) is 3. The molecule has 2 aromatic rings. The molecule has 4 nitrogen and oxygen atoms in total. The predicted molar refractivity (Wildman–Crippen MR) is 83.0 cm³/mol. The highest BCUT2D eigenvalue weighted by molar-refractivity contribution is 5.24. The third-order valence-electron chi connectivity index (χ3n) is 4.11. The Balaban J connectivity index is 1.67.